The largest absolute Gasteiger partial charge is 0.489 e. The summed E-state index contributed by atoms with van der Waals surface area (Å²) < 4.78 is 5.42. The van der Waals surface area contributed by atoms with Crippen LogP contribution in [0.2, 0.25) is 0 Å². The van der Waals surface area contributed by atoms with E-state index in [-0.39, 0.29) is 11.0 Å². The fourth-order valence-electron chi connectivity index (χ4n) is 1.87. The lowest BCUT2D eigenvalue weighted by Gasteiger charge is -2.13. The van der Waals surface area contributed by atoms with Crippen LogP contribution in [-0.4, -0.2) is 23.5 Å². The van der Waals surface area contributed by atoms with Gasteiger partial charge in [0.15, 0.2) is 5.11 Å². The number of benzene rings is 1. The van der Waals surface area contributed by atoms with Gasteiger partial charge in [0.05, 0.1) is 5.56 Å². The summed E-state index contributed by atoms with van der Waals surface area (Å²) in [5.74, 6) is -0.159. The Morgan fingerprint density at radius 2 is 2.00 bits per heavy atom. The Morgan fingerprint density at radius 1 is 1.25 bits per heavy atom. The summed E-state index contributed by atoms with van der Waals surface area (Å²) in [4.78, 5) is 23.8. The first-order chi connectivity index (χ1) is 11.6. The van der Waals surface area contributed by atoms with Crippen LogP contribution in [-0.2, 0) is 4.79 Å². The van der Waals surface area contributed by atoms with Gasteiger partial charge in [-0.1, -0.05) is 44.6 Å². The molecule has 0 aromatic heterocycles. The van der Waals surface area contributed by atoms with Crippen LogP contribution in [0.5, 0.6) is 5.75 Å². The van der Waals surface area contributed by atoms with E-state index in [0.29, 0.717) is 24.3 Å². The minimum absolute atomic E-state index is 0.0503. The minimum atomic E-state index is -0.419. The third-order valence-corrected chi connectivity index (χ3v) is 3.24. The number of thiocarbonyl (C=S) groups is 1. The van der Waals surface area contributed by atoms with Crippen molar-refractivity contribution >= 4 is 29.1 Å². The number of rotatable bonds is 8. The molecule has 0 bridgehead atoms. The van der Waals surface area contributed by atoms with Gasteiger partial charge in [0, 0.05) is 6.42 Å². The van der Waals surface area contributed by atoms with E-state index < -0.39 is 5.91 Å². The molecule has 24 heavy (non-hydrogen) atoms. The van der Waals surface area contributed by atoms with Crippen LogP contribution in [0, 0.1) is 0 Å². The zero-order valence-corrected chi connectivity index (χ0v) is 14.6. The maximum absolute atomic E-state index is 12.2. The lowest BCUT2D eigenvalue weighted by molar-refractivity contribution is -0.119. The van der Waals surface area contributed by atoms with Crippen molar-refractivity contribution in [2.24, 2.45) is 0 Å². The standard InChI is InChI=1S/C17H23N3O3S/c1-3-5-6-11-15(21)18-17(24)20-19-16(22)13-9-7-8-10-14(13)23-12-4-2/h4,7-10H,2-3,5-6,11-12H2,1H3,(H,19,22)(H2,18,20,21,24). The Labute approximate surface area is 147 Å². The van der Waals surface area contributed by atoms with Crippen molar-refractivity contribution in [2.75, 3.05) is 6.61 Å². The second-order valence-corrected chi connectivity index (χ2v) is 5.42. The third-order valence-electron chi connectivity index (χ3n) is 3.04. The molecule has 7 heteroatoms. The predicted octanol–water partition coefficient (Wildman–Crippen LogP) is 2.47. The van der Waals surface area contributed by atoms with E-state index in [9.17, 15) is 9.59 Å². The molecular weight excluding hydrogens is 326 g/mol. The molecule has 0 aliphatic carbocycles. The fourth-order valence-corrected chi connectivity index (χ4v) is 2.03. The molecule has 0 saturated carbocycles. The van der Waals surface area contributed by atoms with E-state index in [2.05, 4.69) is 29.7 Å². The number of carbonyl (C=O) groups excluding carboxylic acids is 2. The van der Waals surface area contributed by atoms with Crippen molar-refractivity contribution in [1.29, 1.82) is 0 Å². The first-order valence-electron chi connectivity index (χ1n) is 7.81. The van der Waals surface area contributed by atoms with Gasteiger partial charge in [0.2, 0.25) is 5.91 Å². The van der Waals surface area contributed by atoms with Gasteiger partial charge in [-0.2, -0.15) is 0 Å². The van der Waals surface area contributed by atoms with Gasteiger partial charge in [-0.05, 0) is 30.8 Å². The summed E-state index contributed by atoms with van der Waals surface area (Å²) in [5, 5.41) is 2.57. The van der Waals surface area contributed by atoms with Crippen molar-refractivity contribution in [3.8, 4) is 5.75 Å². The summed E-state index contributed by atoms with van der Waals surface area (Å²) in [7, 11) is 0. The highest BCUT2D eigenvalue weighted by Gasteiger charge is 2.12. The van der Waals surface area contributed by atoms with E-state index in [4.69, 9.17) is 17.0 Å². The molecule has 0 atom stereocenters. The summed E-state index contributed by atoms with van der Waals surface area (Å²) >= 11 is 4.98. The minimum Gasteiger partial charge on any atom is -0.489 e. The topological polar surface area (TPSA) is 79.5 Å². The number of hydrogen-bond donors (Lipinski definition) is 3. The zero-order chi connectivity index (χ0) is 17.8. The molecule has 0 unspecified atom stereocenters. The molecular formula is C17H23N3O3S. The van der Waals surface area contributed by atoms with Gasteiger partial charge in [-0.25, -0.2) is 0 Å². The summed E-state index contributed by atoms with van der Waals surface area (Å²) in [6, 6.07) is 6.81. The van der Waals surface area contributed by atoms with Crippen molar-refractivity contribution in [2.45, 2.75) is 32.6 Å². The average Bonchev–Trinajstić information content (AvgIpc) is 2.58. The number of para-hydroxylation sites is 1. The van der Waals surface area contributed by atoms with E-state index >= 15 is 0 Å². The van der Waals surface area contributed by atoms with Gasteiger partial charge in [0.1, 0.15) is 12.4 Å². The highest BCUT2D eigenvalue weighted by atomic mass is 32.1. The second-order valence-electron chi connectivity index (χ2n) is 5.01. The van der Waals surface area contributed by atoms with Gasteiger partial charge < -0.3 is 10.1 Å². The first kappa shape index (κ1) is 19.6. The average molecular weight is 349 g/mol. The molecule has 0 spiro atoms. The maximum atomic E-state index is 12.2. The SMILES string of the molecule is C=CCOc1ccccc1C(=O)NNC(=S)NC(=O)CCCCC. The molecule has 1 rings (SSSR count). The van der Waals surface area contributed by atoms with Crippen molar-refractivity contribution in [1.82, 2.24) is 16.2 Å². The highest BCUT2D eigenvalue weighted by molar-refractivity contribution is 7.80. The molecule has 0 heterocycles. The number of hydrazine groups is 1. The number of ether oxygens (including phenoxy) is 1. The molecule has 2 amide bonds. The van der Waals surface area contributed by atoms with Crippen LogP contribution in [0.15, 0.2) is 36.9 Å². The van der Waals surface area contributed by atoms with E-state index in [1.165, 1.54) is 0 Å². The van der Waals surface area contributed by atoms with Crippen molar-refractivity contribution in [3.05, 3.63) is 42.5 Å². The van der Waals surface area contributed by atoms with Crippen molar-refractivity contribution < 1.29 is 14.3 Å². The number of nitrogens with one attached hydrogen (secondary N) is 3. The molecule has 0 aliphatic heterocycles. The molecule has 3 N–H and O–H groups in total. The van der Waals surface area contributed by atoms with Gasteiger partial charge >= 0.3 is 0 Å². The lowest BCUT2D eigenvalue weighted by Crippen LogP contribution is -2.48. The van der Waals surface area contributed by atoms with E-state index in [0.717, 1.165) is 19.3 Å². The summed E-state index contributed by atoms with van der Waals surface area (Å²) in [5.41, 5.74) is 5.30. The van der Waals surface area contributed by atoms with Crippen LogP contribution in [0.3, 0.4) is 0 Å². The maximum Gasteiger partial charge on any atom is 0.273 e. The monoisotopic (exact) mass is 349 g/mol. The van der Waals surface area contributed by atoms with Gasteiger partial charge in [-0.15, -0.1) is 0 Å². The fraction of sp³-hybridized carbons (Fsp3) is 0.353. The third kappa shape index (κ3) is 7.23. The number of hydrogen-bond acceptors (Lipinski definition) is 4. The summed E-state index contributed by atoms with van der Waals surface area (Å²) in [6.07, 6.45) is 4.84. The number of unbranched alkanes of at least 4 members (excludes halogenated alkanes) is 2. The molecule has 0 aliphatic rings. The quantitative estimate of drug-likeness (QED) is 0.291. The molecule has 1 aromatic carbocycles. The summed E-state index contributed by atoms with van der Waals surface area (Å²) in [6.45, 7) is 5.93. The van der Waals surface area contributed by atoms with Gasteiger partial charge in [-0.3, -0.25) is 20.4 Å². The Bertz CT molecular complexity index is 590. The molecule has 0 fully saturated rings. The van der Waals surface area contributed by atoms with Crippen LogP contribution >= 0.6 is 12.2 Å². The van der Waals surface area contributed by atoms with Gasteiger partial charge in [0.25, 0.3) is 5.91 Å². The molecule has 0 saturated heterocycles. The van der Waals surface area contributed by atoms with Crippen LogP contribution in [0.1, 0.15) is 43.0 Å². The number of amides is 2. The predicted molar refractivity (Wildman–Crippen MR) is 97.6 cm³/mol. The Hall–Kier alpha value is -2.41. The van der Waals surface area contributed by atoms with E-state index in [1.807, 2.05) is 0 Å². The zero-order valence-electron chi connectivity index (χ0n) is 13.8. The lowest BCUT2D eigenvalue weighted by atomic mass is 10.2. The first-order valence-corrected chi connectivity index (χ1v) is 8.22. The Balaban J connectivity index is 2.47. The van der Waals surface area contributed by atoms with Crippen LogP contribution < -0.4 is 20.9 Å². The normalized spacial score (nSPS) is 9.71. The van der Waals surface area contributed by atoms with E-state index in [1.54, 1.807) is 30.3 Å². The molecule has 0 radical (unpaired) electrons. The Kier molecular flexibility index (Phi) is 9.14. The molecule has 6 nitrogen and oxygen atoms in total. The Morgan fingerprint density at radius 3 is 2.71 bits per heavy atom. The van der Waals surface area contributed by atoms with Crippen LogP contribution in [0.4, 0.5) is 0 Å². The van der Waals surface area contributed by atoms with Crippen LogP contribution in [0.25, 0.3) is 0 Å². The molecule has 1 aromatic rings. The highest BCUT2D eigenvalue weighted by Crippen LogP contribution is 2.17. The second kappa shape index (κ2) is 11.2. The molecule has 130 valence electrons. The smallest absolute Gasteiger partial charge is 0.273 e. The number of carbonyl (C=O) groups is 2. The van der Waals surface area contributed by atoms with Crippen molar-refractivity contribution in [3.63, 3.8) is 0 Å².